The molecule has 2 rings (SSSR count). The van der Waals surface area contributed by atoms with Gasteiger partial charge in [-0.2, -0.15) is 0 Å². The van der Waals surface area contributed by atoms with Crippen molar-refractivity contribution in [2.24, 2.45) is 5.73 Å². The Labute approximate surface area is 65.0 Å². The van der Waals surface area contributed by atoms with Crippen LogP contribution in [0.25, 0.3) is 0 Å². The van der Waals surface area contributed by atoms with Crippen LogP contribution < -0.4 is 5.73 Å². The maximum atomic E-state index is 9.59. The molecule has 0 fully saturated rings. The Balaban J connectivity index is 2.51. The fourth-order valence-electron chi connectivity index (χ4n) is 1.33. The van der Waals surface area contributed by atoms with Crippen molar-refractivity contribution in [3.8, 4) is 0 Å². The van der Waals surface area contributed by atoms with Gasteiger partial charge in [0.1, 0.15) is 0 Å². The summed E-state index contributed by atoms with van der Waals surface area (Å²) < 4.78 is 0. The Bertz CT molecular complexity index is 306. The molecule has 0 saturated heterocycles. The third kappa shape index (κ3) is 0.878. The molecule has 0 amide bonds. The normalized spacial score (nSPS) is 33.3. The van der Waals surface area contributed by atoms with Crippen LogP contribution in [0.5, 0.6) is 0 Å². The zero-order valence-electron chi connectivity index (χ0n) is 5.99. The van der Waals surface area contributed by atoms with E-state index in [0.29, 0.717) is 0 Å². The molecule has 0 bridgehead atoms. The van der Waals surface area contributed by atoms with Crippen molar-refractivity contribution < 1.29 is 5.11 Å². The van der Waals surface area contributed by atoms with Crippen LogP contribution in [0.1, 0.15) is 0 Å². The van der Waals surface area contributed by atoms with E-state index in [9.17, 15) is 5.11 Å². The summed E-state index contributed by atoms with van der Waals surface area (Å²) in [7, 11) is 0. The first kappa shape index (κ1) is 6.58. The SMILES string of the molecule is NC1(O)C=CC=C2C=CC=C21. The highest BCUT2D eigenvalue weighted by Gasteiger charge is 2.28. The molecule has 2 nitrogen and oxygen atoms in total. The van der Waals surface area contributed by atoms with Crippen LogP contribution in [0, 0.1) is 0 Å². The summed E-state index contributed by atoms with van der Waals surface area (Å²) >= 11 is 0. The first-order valence-corrected chi connectivity index (χ1v) is 3.50. The highest BCUT2D eigenvalue weighted by molar-refractivity contribution is 5.57. The number of hydrogen-bond donors (Lipinski definition) is 2. The Kier molecular flexibility index (Phi) is 1.16. The minimum absolute atomic E-state index is 0.778. The van der Waals surface area contributed by atoms with Crippen molar-refractivity contribution >= 4 is 0 Å². The first-order valence-electron chi connectivity index (χ1n) is 3.50. The molecule has 56 valence electrons. The molecule has 2 aliphatic carbocycles. The summed E-state index contributed by atoms with van der Waals surface area (Å²) in [4.78, 5) is 0. The number of rotatable bonds is 0. The van der Waals surface area contributed by atoms with Crippen molar-refractivity contribution in [3.05, 3.63) is 47.6 Å². The molecule has 11 heavy (non-hydrogen) atoms. The van der Waals surface area contributed by atoms with E-state index in [1.807, 2.05) is 24.3 Å². The van der Waals surface area contributed by atoms with E-state index < -0.39 is 5.72 Å². The minimum Gasteiger partial charge on any atom is -0.368 e. The van der Waals surface area contributed by atoms with Crippen LogP contribution in [0.3, 0.4) is 0 Å². The maximum Gasteiger partial charge on any atom is 0.159 e. The van der Waals surface area contributed by atoms with Crippen molar-refractivity contribution in [2.75, 3.05) is 0 Å². The van der Waals surface area contributed by atoms with Gasteiger partial charge in [-0.15, -0.1) is 0 Å². The van der Waals surface area contributed by atoms with Crippen LogP contribution in [-0.4, -0.2) is 10.8 Å². The van der Waals surface area contributed by atoms with Gasteiger partial charge >= 0.3 is 0 Å². The van der Waals surface area contributed by atoms with E-state index in [-0.39, 0.29) is 0 Å². The van der Waals surface area contributed by atoms with Gasteiger partial charge in [0.15, 0.2) is 5.72 Å². The van der Waals surface area contributed by atoms with Gasteiger partial charge in [-0.1, -0.05) is 30.4 Å². The topological polar surface area (TPSA) is 46.2 Å². The molecule has 0 heterocycles. The van der Waals surface area contributed by atoms with Gasteiger partial charge in [-0.05, 0) is 11.6 Å². The molecule has 3 N–H and O–H groups in total. The zero-order chi connectivity index (χ0) is 7.90. The highest BCUT2D eigenvalue weighted by Crippen LogP contribution is 2.29. The number of hydrogen-bond acceptors (Lipinski definition) is 2. The molecule has 1 unspecified atom stereocenters. The van der Waals surface area contributed by atoms with Gasteiger partial charge in [0.05, 0.1) is 0 Å². The number of aliphatic hydroxyl groups is 1. The van der Waals surface area contributed by atoms with E-state index in [1.165, 1.54) is 0 Å². The minimum atomic E-state index is -1.27. The monoisotopic (exact) mass is 147 g/mol. The van der Waals surface area contributed by atoms with Gasteiger partial charge < -0.3 is 5.11 Å². The molecule has 0 aromatic rings. The summed E-state index contributed by atoms with van der Waals surface area (Å²) in [6.45, 7) is 0. The van der Waals surface area contributed by atoms with Gasteiger partial charge in [-0.3, -0.25) is 5.73 Å². The van der Waals surface area contributed by atoms with E-state index in [1.54, 1.807) is 12.2 Å². The molecule has 0 spiro atoms. The largest absolute Gasteiger partial charge is 0.368 e. The standard InChI is InChI=1S/C9H9NO/c10-9(11)6-2-4-7-3-1-5-8(7)9/h1-6,11H,10H2. The molecule has 0 aliphatic heterocycles. The number of nitrogens with two attached hydrogens (primary N) is 1. The van der Waals surface area contributed by atoms with Crippen molar-refractivity contribution in [2.45, 2.75) is 5.72 Å². The van der Waals surface area contributed by atoms with Gasteiger partial charge in [-0.25, -0.2) is 0 Å². The molecule has 0 aromatic carbocycles. The highest BCUT2D eigenvalue weighted by atomic mass is 16.3. The van der Waals surface area contributed by atoms with Crippen LogP contribution >= 0.6 is 0 Å². The Morgan fingerprint density at radius 3 is 2.82 bits per heavy atom. The summed E-state index contributed by atoms with van der Waals surface area (Å²) in [5, 5.41) is 9.59. The van der Waals surface area contributed by atoms with E-state index >= 15 is 0 Å². The third-order valence-electron chi connectivity index (χ3n) is 1.91. The van der Waals surface area contributed by atoms with Gasteiger partial charge in [0, 0.05) is 5.57 Å². The zero-order valence-corrected chi connectivity index (χ0v) is 5.99. The van der Waals surface area contributed by atoms with Crippen molar-refractivity contribution in [1.82, 2.24) is 0 Å². The lowest BCUT2D eigenvalue weighted by atomic mass is 9.94. The lowest BCUT2D eigenvalue weighted by Crippen LogP contribution is -2.40. The second-order valence-electron chi connectivity index (χ2n) is 2.75. The van der Waals surface area contributed by atoms with Crippen molar-refractivity contribution in [1.29, 1.82) is 0 Å². The summed E-state index contributed by atoms with van der Waals surface area (Å²) in [5.74, 6) is 0. The molecule has 0 saturated carbocycles. The van der Waals surface area contributed by atoms with Gasteiger partial charge in [0.25, 0.3) is 0 Å². The Morgan fingerprint density at radius 1 is 1.27 bits per heavy atom. The Morgan fingerprint density at radius 2 is 2.09 bits per heavy atom. The quantitative estimate of drug-likeness (QED) is 0.493. The Hall–Kier alpha value is -1.12. The van der Waals surface area contributed by atoms with E-state index in [0.717, 1.165) is 11.1 Å². The average Bonchev–Trinajstić information content (AvgIpc) is 2.34. The third-order valence-corrected chi connectivity index (χ3v) is 1.91. The second-order valence-corrected chi connectivity index (χ2v) is 2.75. The van der Waals surface area contributed by atoms with E-state index in [4.69, 9.17) is 5.73 Å². The molecule has 0 aromatic heterocycles. The lowest BCUT2D eigenvalue weighted by Gasteiger charge is -2.24. The fraction of sp³-hybridized carbons (Fsp3) is 0.111. The maximum absolute atomic E-state index is 9.59. The van der Waals surface area contributed by atoms with Gasteiger partial charge in [0.2, 0.25) is 0 Å². The smallest absolute Gasteiger partial charge is 0.159 e. The molecule has 0 radical (unpaired) electrons. The number of fused-ring (bicyclic) bond motifs is 1. The van der Waals surface area contributed by atoms with Crippen LogP contribution in [0.4, 0.5) is 0 Å². The van der Waals surface area contributed by atoms with Crippen LogP contribution in [0.2, 0.25) is 0 Å². The molecular formula is C9H9NO. The van der Waals surface area contributed by atoms with Crippen molar-refractivity contribution in [3.63, 3.8) is 0 Å². The fourth-order valence-corrected chi connectivity index (χ4v) is 1.33. The molecular weight excluding hydrogens is 138 g/mol. The predicted molar refractivity (Wildman–Crippen MR) is 43.6 cm³/mol. The lowest BCUT2D eigenvalue weighted by molar-refractivity contribution is 0.139. The summed E-state index contributed by atoms with van der Waals surface area (Å²) in [6.07, 6.45) is 10.9. The van der Waals surface area contributed by atoms with Crippen LogP contribution in [-0.2, 0) is 0 Å². The molecule has 2 aliphatic rings. The van der Waals surface area contributed by atoms with E-state index in [2.05, 4.69) is 0 Å². The first-order chi connectivity index (χ1) is 5.20. The number of allylic oxidation sites excluding steroid dienone is 5. The predicted octanol–water partition coefficient (Wildman–Crippen LogP) is 0.626. The molecule has 1 atom stereocenters. The average molecular weight is 147 g/mol. The van der Waals surface area contributed by atoms with Crippen LogP contribution in [0.15, 0.2) is 47.6 Å². The second kappa shape index (κ2) is 1.94. The summed E-state index contributed by atoms with van der Waals surface area (Å²) in [6, 6.07) is 0. The molecule has 2 heteroatoms. The summed E-state index contributed by atoms with van der Waals surface area (Å²) in [5.41, 5.74) is 6.09.